The number of hydrogen-bond donors (Lipinski definition) is 0. The van der Waals surface area contributed by atoms with Crippen LogP contribution in [0.3, 0.4) is 0 Å². The van der Waals surface area contributed by atoms with Crippen LogP contribution in [0.2, 0.25) is 0 Å². The molecule has 4 heterocycles. The van der Waals surface area contributed by atoms with Crippen molar-refractivity contribution in [2.75, 3.05) is 9.80 Å². The summed E-state index contributed by atoms with van der Waals surface area (Å²) in [5.41, 5.74) is 13.0. The monoisotopic (exact) mass is 1340 g/mol. The van der Waals surface area contributed by atoms with Gasteiger partial charge in [-0.25, -0.2) is 18.2 Å². The van der Waals surface area contributed by atoms with Gasteiger partial charge in [-0.3, -0.25) is 0 Å². The summed E-state index contributed by atoms with van der Waals surface area (Å²) in [5, 5.41) is 4.25. The Kier molecular flexibility index (Phi) is 14.4. The summed E-state index contributed by atoms with van der Waals surface area (Å²) in [6, 6.07) is 74.8. The number of ether oxygens (including phenoxy) is 1. The van der Waals surface area contributed by atoms with E-state index in [1.807, 2.05) is 96.6 Å². The summed E-state index contributed by atoms with van der Waals surface area (Å²) in [4.78, 5) is 9.00. The molecule has 0 radical (unpaired) electrons. The van der Waals surface area contributed by atoms with Gasteiger partial charge in [0.1, 0.15) is 23.3 Å². The van der Waals surface area contributed by atoms with E-state index < -0.39 is 17.5 Å². The van der Waals surface area contributed by atoms with Gasteiger partial charge in [-0.15, -0.1) is 42.4 Å². The molecule has 0 unspecified atom stereocenters. The number of anilines is 4. The zero-order chi connectivity index (χ0) is 60.3. The first-order chi connectivity index (χ1) is 41.7. The second-order valence-electron chi connectivity index (χ2n) is 25.8. The molecule has 0 atom stereocenters. The van der Waals surface area contributed by atoms with Gasteiger partial charge in [0.25, 0.3) is 0 Å². The number of hydrogen-bond acceptors (Lipinski definition) is 4. The molecule has 0 amide bonds. The van der Waals surface area contributed by atoms with Crippen LogP contribution in [-0.2, 0) is 37.3 Å². The van der Waals surface area contributed by atoms with Crippen molar-refractivity contribution in [2.45, 2.75) is 78.6 Å². The van der Waals surface area contributed by atoms with Crippen LogP contribution in [0.15, 0.2) is 212 Å². The minimum Gasteiger partial charge on any atom is -0.509 e. The summed E-state index contributed by atoms with van der Waals surface area (Å²) in [6.45, 7) is 21.7. The maximum absolute atomic E-state index is 17.0. The molecule has 10 heteroatoms. The predicted octanol–water partition coefficient (Wildman–Crippen LogP) is 21.4. The first-order valence-electron chi connectivity index (χ1n) is 29.5. The third kappa shape index (κ3) is 10.2. The van der Waals surface area contributed by atoms with Crippen molar-refractivity contribution in [3.8, 4) is 56.4 Å². The molecule has 88 heavy (non-hydrogen) atoms. The summed E-state index contributed by atoms with van der Waals surface area (Å²) < 4.78 is 60.7. The first-order valence-corrected chi connectivity index (χ1v) is 29.5. The van der Waals surface area contributed by atoms with Gasteiger partial charge in [-0.2, -0.15) is 6.07 Å². The smallest absolute Gasteiger partial charge is 0.136 e. The summed E-state index contributed by atoms with van der Waals surface area (Å²) in [5.74, 6) is -1.39. The Labute approximate surface area is 526 Å². The molecule has 1 aliphatic heterocycles. The van der Waals surface area contributed by atoms with E-state index in [4.69, 9.17) is 9.72 Å². The molecule has 0 saturated carbocycles. The van der Waals surface area contributed by atoms with Crippen molar-refractivity contribution in [3.63, 3.8) is 0 Å². The molecular weight excluding hydrogens is 1270 g/mol. The van der Waals surface area contributed by atoms with Crippen molar-refractivity contribution in [1.82, 2.24) is 14.1 Å². The van der Waals surface area contributed by atoms with Crippen LogP contribution in [0, 0.1) is 36.3 Å². The van der Waals surface area contributed by atoms with E-state index in [1.54, 1.807) is 0 Å². The summed E-state index contributed by atoms with van der Waals surface area (Å²) >= 11 is 0. The van der Waals surface area contributed by atoms with E-state index in [1.165, 1.54) is 0 Å². The van der Waals surface area contributed by atoms with E-state index in [0.29, 0.717) is 22.9 Å². The van der Waals surface area contributed by atoms with E-state index >= 15 is 13.2 Å². The Balaban J connectivity index is 0.00000714. The largest absolute Gasteiger partial charge is 0.509 e. The molecule has 0 fully saturated rings. The zero-order valence-electron chi connectivity index (χ0n) is 50.4. The van der Waals surface area contributed by atoms with E-state index in [2.05, 4.69) is 204 Å². The van der Waals surface area contributed by atoms with Crippen LogP contribution in [0.4, 0.5) is 35.9 Å². The van der Waals surface area contributed by atoms with Gasteiger partial charge in [0.2, 0.25) is 0 Å². The van der Waals surface area contributed by atoms with Crippen LogP contribution < -0.4 is 14.5 Å². The van der Waals surface area contributed by atoms with Crippen molar-refractivity contribution in [2.24, 2.45) is 0 Å². The molecule has 3 aromatic heterocycles. The number of pyridine rings is 1. The maximum Gasteiger partial charge on any atom is 0.136 e. The maximum atomic E-state index is 17.0. The zero-order valence-corrected chi connectivity index (χ0v) is 52.7. The molecule has 13 aromatic rings. The van der Waals surface area contributed by atoms with E-state index in [-0.39, 0.29) is 48.4 Å². The van der Waals surface area contributed by atoms with Gasteiger partial charge >= 0.3 is 0 Å². The fourth-order valence-electron chi connectivity index (χ4n) is 12.4. The number of rotatable bonds is 9. The fraction of sp³-hybridized carbons (Fsp3) is 0.154. The van der Waals surface area contributed by atoms with Gasteiger partial charge in [0.15, 0.2) is 0 Å². The van der Waals surface area contributed by atoms with Gasteiger partial charge in [0.05, 0.1) is 16.6 Å². The number of para-hydroxylation sites is 5. The standard InChI is InChI=1S/C78H63F3N5O.Pt/c1-76(2,3)51-33-34-82-73(40-51)86-69-28-18-15-25-61(69)62-32-31-57(46-72(62)86)87-58-44-55(43-56(45-58)85-67-26-16-13-23-59(67)60-24-14-17-27-68(60)85)83-47-84(71-30-20-19-29-70(71)83)75-63(50-35-52(77(4,5)6)39-53(36-50)78(7,8)9)37-49(48-21-11-10-12-22-48)38-64(75)74-65(80)41-54(79)42-66(74)81;/h10-43,45,47H,1-9H3;/q-3;. The van der Waals surface area contributed by atoms with E-state index in [0.717, 1.165) is 118 Å². The molecule has 10 aromatic carbocycles. The second-order valence-corrected chi connectivity index (χ2v) is 25.8. The SMILES string of the molecule is CC(C)(C)c1cc(-c2cc(-c3ccccc3)cc(-c3c(F)cc(F)cc3F)c2N2[CH-]N(c3[c-]c(Oc4[c-]c5c(cc4)c4ccccc4n5-c4cc(C(C)(C)C)ccn4)cc(-n4c5ccccc5c5ccccc54)c3)c3ccccc32)cc(C(C)(C)C)c1.[Pt]. The Morgan fingerprint density at radius 3 is 1.60 bits per heavy atom. The fourth-order valence-corrected chi connectivity index (χ4v) is 12.4. The number of benzene rings is 10. The minimum atomic E-state index is -1.02. The van der Waals surface area contributed by atoms with Gasteiger partial charge in [0, 0.05) is 95.4 Å². The van der Waals surface area contributed by atoms with Crippen LogP contribution in [0.25, 0.3) is 88.5 Å². The van der Waals surface area contributed by atoms with Crippen LogP contribution in [0.5, 0.6) is 11.5 Å². The van der Waals surface area contributed by atoms with Crippen molar-refractivity contribution >= 4 is 66.4 Å². The number of fused-ring (bicyclic) bond motifs is 7. The average molecular weight is 1340 g/mol. The molecule has 440 valence electrons. The third-order valence-corrected chi connectivity index (χ3v) is 16.9. The van der Waals surface area contributed by atoms with Gasteiger partial charge in [-0.05, 0) is 110 Å². The Bertz CT molecular complexity index is 4780. The summed E-state index contributed by atoms with van der Waals surface area (Å²) in [6.07, 6.45) is 1.87. The topological polar surface area (TPSA) is 38.5 Å². The van der Waals surface area contributed by atoms with Crippen molar-refractivity contribution in [1.29, 1.82) is 0 Å². The molecule has 0 N–H and O–H groups in total. The Hall–Kier alpha value is -9.17. The quantitative estimate of drug-likeness (QED) is 0.135. The molecule has 0 bridgehead atoms. The molecule has 14 rings (SSSR count). The molecule has 6 nitrogen and oxygen atoms in total. The molecular formula is C78H63F3N5OPt-3. The van der Waals surface area contributed by atoms with E-state index in [9.17, 15) is 0 Å². The van der Waals surface area contributed by atoms with Crippen molar-refractivity contribution in [3.05, 3.63) is 265 Å². The molecule has 1 aliphatic rings. The molecule has 0 aliphatic carbocycles. The average Bonchev–Trinajstić information content (AvgIpc) is 1.49. The normalized spacial score (nSPS) is 12.8. The van der Waals surface area contributed by atoms with Crippen LogP contribution in [0.1, 0.15) is 79.0 Å². The van der Waals surface area contributed by atoms with Crippen LogP contribution in [-0.4, -0.2) is 14.1 Å². The Morgan fingerprint density at radius 2 is 0.989 bits per heavy atom. The predicted molar refractivity (Wildman–Crippen MR) is 351 cm³/mol. The Morgan fingerprint density at radius 1 is 0.443 bits per heavy atom. The van der Waals surface area contributed by atoms with Gasteiger partial charge in [-0.1, -0.05) is 194 Å². The first kappa shape index (κ1) is 57.9. The number of nitrogens with zero attached hydrogens (tertiary/aromatic N) is 5. The molecule has 0 spiro atoms. The third-order valence-electron chi connectivity index (χ3n) is 16.9. The number of halogens is 3. The van der Waals surface area contributed by atoms with Crippen LogP contribution >= 0.6 is 0 Å². The summed E-state index contributed by atoms with van der Waals surface area (Å²) in [7, 11) is 0. The second kappa shape index (κ2) is 21.9. The number of aromatic nitrogens is 3. The molecule has 0 saturated heterocycles. The van der Waals surface area contributed by atoms with Gasteiger partial charge < -0.3 is 23.7 Å². The minimum absolute atomic E-state index is 0. The van der Waals surface area contributed by atoms with Crippen molar-refractivity contribution < 1.29 is 39.0 Å².